The first-order chi connectivity index (χ1) is 19.2. The smallest absolute Gasteiger partial charge is 0.363 e. The molecule has 0 aliphatic carbocycles. The summed E-state index contributed by atoms with van der Waals surface area (Å²) in [7, 11) is 0. The third-order valence-electron chi connectivity index (χ3n) is 6.87. The Kier molecular flexibility index (Phi) is 8.22. The SMILES string of the molecule is NC(=O)N(Oc1ccc(Cl)cc1)N1CCC(CC#Cc2nc(N)c3ncn([C@@H]4O[C@H](CO)[C@@H](O)[C@H]4O)c3n2)CC1. The number of nitrogen functional groups attached to an aromatic ring is 1. The maximum absolute atomic E-state index is 12.0. The molecule has 15 heteroatoms. The molecule has 0 unspecified atom stereocenters. The number of nitrogens with zero attached hydrogens (tertiary/aromatic N) is 6. The molecule has 3 aromatic rings. The van der Waals surface area contributed by atoms with Gasteiger partial charge in [0.05, 0.1) is 12.9 Å². The second-order valence-corrected chi connectivity index (χ2v) is 9.98. The highest BCUT2D eigenvalue weighted by Crippen LogP contribution is 2.32. The fourth-order valence-electron chi connectivity index (χ4n) is 4.71. The Balaban J connectivity index is 1.22. The number of carbonyl (C=O) groups is 1. The first-order valence-electron chi connectivity index (χ1n) is 12.6. The molecule has 2 aromatic heterocycles. The van der Waals surface area contributed by atoms with Gasteiger partial charge in [0.1, 0.15) is 23.8 Å². The Morgan fingerprint density at radius 3 is 2.58 bits per heavy atom. The van der Waals surface area contributed by atoms with Gasteiger partial charge in [-0.25, -0.2) is 19.7 Å². The molecule has 40 heavy (non-hydrogen) atoms. The fourth-order valence-corrected chi connectivity index (χ4v) is 4.83. The van der Waals surface area contributed by atoms with Gasteiger partial charge >= 0.3 is 6.03 Å². The van der Waals surface area contributed by atoms with Gasteiger partial charge in [-0.2, -0.15) is 5.01 Å². The molecular formula is C25H29ClN8O6. The second kappa shape index (κ2) is 11.8. The average molecular weight is 573 g/mol. The Bertz CT molecular complexity index is 1420. The number of aliphatic hydroxyl groups excluding tert-OH is 3. The van der Waals surface area contributed by atoms with Crippen LogP contribution in [0.15, 0.2) is 30.6 Å². The van der Waals surface area contributed by atoms with E-state index in [9.17, 15) is 20.1 Å². The molecule has 2 amide bonds. The van der Waals surface area contributed by atoms with Gasteiger partial charge in [-0.15, -0.1) is 0 Å². The van der Waals surface area contributed by atoms with Crippen LogP contribution in [0.2, 0.25) is 5.02 Å². The van der Waals surface area contributed by atoms with Crippen molar-refractivity contribution >= 4 is 34.6 Å². The van der Waals surface area contributed by atoms with E-state index in [1.165, 1.54) is 10.9 Å². The summed E-state index contributed by atoms with van der Waals surface area (Å²) in [4.78, 5) is 30.5. The number of hydrogen-bond donors (Lipinski definition) is 5. The topological polar surface area (TPSA) is 198 Å². The molecule has 4 heterocycles. The van der Waals surface area contributed by atoms with Crippen molar-refractivity contribution < 1.29 is 29.7 Å². The van der Waals surface area contributed by atoms with Crippen molar-refractivity contribution in [3.63, 3.8) is 0 Å². The molecule has 14 nitrogen and oxygen atoms in total. The number of aliphatic hydroxyl groups is 3. The van der Waals surface area contributed by atoms with E-state index >= 15 is 0 Å². The number of halogens is 1. The summed E-state index contributed by atoms with van der Waals surface area (Å²) in [6.07, 6.45) is -1.07. The van der Waals surface area contributed by atoms with E-state index < -0.39 is 37.2 Å². The van der Waals surface area contributed by atoms with E-state index in [0.29, 0.717) is 35.8 Å². The van der Waals surface area contributed by atoms with Gasteiger partial charge in [-0.05, 0) is 48.9 Å². The highest BCUT2D eigenvalue weighted by Gasteiger charge is 2.44. The Hall–Kier alpha value is -3.71. The van der Waals surface area contributed by atoms with E-state index in [-0.39, 0.29) is 23.2 Å². The number of fused-ring (bicyclic) bond motifs is 1. The van der Waals surface area contributed by atoms with Crippen LogP contribution in [-0.2, 0) is 4.74 Å². The summed E-state index contributed by atoms with van der Waals surface area (Å²) in [5.41, 5.74) is 12.2. The monoisotopic (exact) mass is 572 g/mol. The molecule has 0 radical (unpaired) electrons. The number of rotatable bonds is 6. The van der Waals surface area contributed by atoms with Gasteiger partial charge in [-0.3, -0.25) is 4.57 Å². The standard InChI is InChI=1S/C25H29ClN8O6/c26-15-4-6-16(7-5-15)40-34(25(28)38)32-10-8-14(9-11-32)2-1-3-18-30-22(27)19-23(31-18)33(13-29-19)24-21(37)20(36)17(12-35)39-24/h4-7,13-14,17,20-21,24,35-37H,2,8-12H2,(H2,28,38)(H2,27,30,31)/t17-,20-,21-,24-/m1/s1. The molecule has 2 saturated heterocycles. The lowest BCUT2D eigenvalue weighted by atomic mass is 9.94. The van der Waals surface area contributed by atoms with Gasteiger partial charge in [0.15, 0.2) is 23.4 Å². The molecule has 2 aliphatic rings. The number of carbonyl (C=O) groups excluding carboxylic acids is 1. The lowest BCUT2D eigenvalue weighted by Crippen LogP contribution is -2.53. The first kappa shape index (κ1) is 27.8. The van der Waals surface area contributed by atoms with Crippen LogP contribution in [0.1, 0.15) is 31.3 Å². The molecule has 1 aromatic carbocycles. The van der Waals surface area contributed by atoms with Crippen LogP contribution in [0.4, 0.5) is 10.6 Å². The van der Waals surface area contributed by atoms with Crippen molar-refractivity contribution in [3.8, 4) is 17.6 Å². The van der Waals surface area contributed by atoms with Crippen LogP contribution in [0.25, 0.3) is 11.2 Å². The minimum atomic E-state index is -1.30. The molecular weight excluding hydrogens is 544 g/mol. The fraction of sp³-hybridized carbons (Fsp3) is 0.440. The van der Waals surface area contributed by atoms with Gasteiger partial charge in [-0.1, -0.05) is 22.7 Å². The predicted octanol–water partition coefficient (Wildman–Crippen LogP) is 0.417. The molecule has 212 valence electrons. The highest BCUT2D eigenvalue weighted by atomic mass is 35.5. The normalized spacial score (nSPS) is 23.6. The zero-order valence-corrected chi connectivity index (χ0v) is 22.1. The molecule has 2 aliphatic heterocycles. The quantitative estimate of drug-likeness (QED) is 0.202. The number of imidazole rings is 1. The Morgan fingerprint density at radius 2 is 1.93 bits per heavy atom. The van der Waals surface area contributed by atoms with Gasteiger partial charge < -0.3 is 36.4 Å². The second-order valence-electron chi connectivity index (χ2n) is 9.54. The number of hydroxylamine groups is 1. The van der Waals surface area contributed by atoms with Crippen LogP contribution in [0.3, 0.4) is 0 Å². The third kappa shape index (κ3) is 5.75. The summed E-state index contributed by atoms with van der Waals surface area (Å²) in [6.45, 7) is 0.633. The van der Waals surface area contributed by atoms with Crippen molar-refractivity contribution in [2.24, 2.45) is 11.7 Å². The molecule has 0 bridgehead atoms. The van der Waals surface area contributed by atoms with E-state index in [0.717, 1.165) is 18.0 Å². The molecule has 2 fully saturated rings. The minimum absolute atomic E-state index is 0.111. The van der Waals surface area contributed by atoms with Crippen molar-refractivity contribution in [1.29, 1.82) is 0 Å². The number of piperidine rings is 1. The maximum atomic E-state index is 12.0. The number of anilines is 1. The highest BCUT2D eigenvalue weighted by molar-refractivity contribution is 6.30. The van der Waals surface area contributed by atoms with E-state index in [4.69, 9.17) is 32.6 Å². The first-order valence-corrected chi connectivity index (χ1v) is 13.0. The maximum Gasteiger partial charge on any atom is 0.363 e. The molecule has 4 atom stereocenters. The number of aromatic nitrogens is 4. The van der Waals surface area contributed by atoms with Gasteiger partial charge in [0.25, 0.3) is 0 Å². The van der Waals surface area contributed by atoms with Crippen LogP contribution < -0.4 is 16.3 Å². The van der Waals surface area contributed by atoms with Crippen molar-refractivity contribution in [3.05, 3.63) is 41.4 Å². The lowest BCUT2D eigenvalue weighted by molar-refractivity contribution is -0.182. The van der Waals surface area contributed by atoms with Crippen LogP contribution >= 0.6 is 11.6 Å². The summed E-state index contributed by atoms with van der Waals surface area (Å²) >= 11 is 5.91. The summed E-state index contributed by atoms with van der Waals surface area (Å²) in [5.74, 6) is 7.03. The van der Waals surface area contributed by atoms with Crippen LogP contribution in [0, 0.1) is 17.8 Å². The van der Waals surface area contributed by atoms with Gasteiger partial charge in [0, 0.05) is 24.5 Å². The largest absolute Gasteiger partial charge is 0.394 e. The van der Waals surface area contributed by atoms with Crippen molar-refractivity contribution in [2.75, 3.05) is 25.4 Å². The number of hydrogen-bond acceptors (Lipinski definition) is 11. The number of benzene rings is 1. The Morgan fingerprint density at radius 1 is 1.20 bits per heavy atom. The number of nitrogens with two attached hydrogens (primary N) is 2. The molecule has 0 spiro atoms. The zero-order valence-electron chi connectivity index (χ0n) is 21.3. The zero-order chi connectivity index (χ0) is 28.4. The van der Waals surface area contributed by atoms with Crippen LogP contribution in [0.5, 0.6) is 5.75 Å². The molecule has 7 N–H and O–H groups in total. The number of ether oxygens (including phenoxy) is 1. The third-order valence-corrected chi connectivity index (χ3v) is 7.12. The van der Waals surface area contributed by atoms with E-state index in [1.807, 2.05) is 0 Å². The van der Waals surface area contributed by atoms with Crippen molar-refractivity contribution in [2.45, 2.75) is 43.8 Å². The number of hydrazine groups is 1. The summed E-state index contributed by atoms with van der Waals surface area (Å²) in [5, 5.41) is 33.3. The minimum Gasteiger partial charge on any atom is -0.394 e. The van der Waals surface area contributed by atoms with E-state index in [2.05, 4.69) is 26.8 Å². The molecule has 5 rings (SSSR count). The van der Waals surface area contributed by atoms with E-state index in [1.54, 1.807) is 29.3 Å². The lowest BCUT2D eigenvalue weighted by Gasteiger charge is -2.36. The summed E-state index contributed by atoms with van der Waals surface area (Å²) < 4.78 is 7.03. The number of amides is 2. The number of primary amides is 1. The van der Waals surface area contributed by atoms with Crippen LogP contribution in [-0.4, -0.2) is 89.1 Å². The average Bonchev–Trinajstić information content (AvgIpc) is 3.49. The van der Waals surface area contributed by atoms with Crippen molar-refractivity contribution in [1.82, 2.24) is 29.7 Å². The number of urea groups is 1. The van der Waals surface area contributed by atoms with Gasteiger partial charge in [0.2, 0.25) is 5.82 Å². The molecule has 0 saturated carbocycles. The summed E-state index contributed by atoms with van der Waals surface area (Å²) in [6, 6.07) is 5.89. The Labute approximate surface area is 234 Å². The predicted molar refractivity (Wildman–Crippen MR) is 142 cm³/mol.